The van der Waals surface area contributed by atoms with Gasteiger partial charge in [0.15, 0.2) is 0 Å². The van der Waals surface area contributed by atoms with Crippen molar-refractivity contribution < 1.29 is 0 Å². The van der Waals surface area contributed by atoms with E-state index in [0.717, 1.165) is 11.3 Å². The quantitative estimate of drug-likeness (QED) is 0.558. The molecule has 0 aliphatic rings. The van der Waals surface area contributed by atoms with Gasteiger partial charge >= 0.3 is 0 Å². The molecular weight excluding hydrogens is 110 g/mol. The molecule has 1 heteroatoms. The molecule has 9 heavy (non-hydrogen) atoms. The smallest absolute Gasteiger partial charge is 0.00785 e. The first-order valence-electron chi connectivity index (χ1n) is 2.90. The van der Waals surface area contributed by atoms with Crippen LogP contribution in [-0.4, -0.2) is 0 Å². The predicted octanol–water partition coefficient (Wildman–Crippen LogP) is 1.98. The first-order valence-corrected chi connectivity index (χ1v) is 2.90. The molecule has 0 saturated heterocycles. The standard InChI is InChI=1S/C8H13N/c1-4-5-6-7(2)8(3)9/h4-6H,1,9H2,2-3H3/b6-5-,8-7?. The second-order valence-electron chi connectivity index (χ2n) is 1.96. The van der Waals surface area contributed by atoms with Crippen LogP contribution in [0.4, 0.5) is 0 Å². The molecule has 0 saturated carbocycles. The molecule has 0 amide bonds. The van der Waals surface area contributed by atoms with Crippen molar-refractivity contribution in [2.75, 3.05) is 0 Å². The number of rotatable bonds is 2. The fourth-order valence-electron chi connectivity index (χ4n) is 0.344. The molecule has 1 nitrogen and oxygen atoms in total. The molecule has 0 heterocycles. The lowest BCUT2D eigenvalue weighted by molar-refractivity contribution is 1.24. The van der Waals surface area contributed by atoms with Crippen LogP contribution in [0.5, 0.6) is 0 Å². The third-order valence-corrected chi connectivity index (χ3v) is 1.10. The Morgan fingerprint density at radius 3 is 2.33 bits per heavy atom. The summed E-state index contributed by atoms with van der Waals surface area (Å²) in [6.07, 6.45) is 5.53. The predicted molar refractivity (Wildman–Crippen MR) is 41.9 cm³/mol. The van der Waals surface area contributed by atoms with E-state index >= 15 is 0 Å². The SMILES string of the molecule is C=C/C=C\C(C)=C(C)N. The first-order chi connectivity index (χ1) is 4.18. The van der Waals surface area contributed by atoms with Gasteiger partial charge in [-0.2, -0.15) is 0 Å². The molecule has 0 rings (SSSR count). The van der Waals surface area contributed by atoms with E-state index in [-0.39, 0.29) is 0 Å². The molecule has 0 atom stereocenters. The van der Waals surface area contributed by atoms with Crippen molar-refractivity contribution in [3.05, 3.63) is 36.1 Å². The monoisotopic (exact) mass is 123 g/mol. The van der Waals surface area contributed by atoms with Gasteiger partial charge in [0.1, 0.15) is 0 Å². The van der Waals surface area contributed by atoms with Crippen molar-refractivity contribution in [1.29, 1.82) is 0 Å². The minimum absolute atomic E-state index is 0.855. The van der Waals surface area contributed by atoms with E-state index in [1.54, 1.807) is 6.08 Å². The summed E-state index contributed by atoms with van der Waals surface area (Å²) < 4.78 is 0. The fourth-order valence-corrected chi connectivity index (χ4v) is 0.344. The summed E-state index contributed by atoms with van der Waals surface area (Å²) in [4.78, 5) is 0. The number of nitrogens with two attached hydrogens (primary N) is 1. The summed E-state index contributed by atoms with van der Waals surface area (Å²) in [5.41, 5.74) is 7.42. The molecule has 0 fully saturated rings. The Morgan fingerprint density at radius 2 is 2.00 bits per heavy atom. The van der Waals surface area contributed by atoms with Crippen molar-refractivity contribution in [1.82, 2.24) is 0 Å². The van der Waals surface area contributed by atoms with Crippen molar-refractivity contribution >= 4 is 0 Å². The minimum Gasteiger partial charge on any atom is -0.402 e. The molecule has 2 N–H and O–H groups in total. The average molecular weight is 123 g/mol. The lowest BCUT2D eigenvalue weighted by Crippen LogP contribution is -1.92. The van der Waals surface area contributed by atoms with Crippen molar-refractivity contribution in [3.63, 3.8) is 0 Å². The highest BCUT2D eigenvalue weighted by Gasteiger charge is 1.81. The third kappa shape index (κ3) is 3.59. The first kappa shape index (κ1) is 8.02. The van der Waals surface area contributed by atoms with Crippen LogP contribution >= 0.6 is 0 Å². The zero-order valence-electron chi connectivity index (χ0n) is 6.02. The van der Waals surface area contributed by atoms with Crippen molar-refractivity contribution in [2.24, 2.45) is 5.73 Å². The summed E-state index contributed by atoms with van der Waals surface area (Å²) in [6, 6.07) is 0. The second kappa shape index (κ2) is 3.96. The summed E-state index contributed by atoms with van der Waals surface area (Å²) in [6.45, 7) is 7.39. The molecule has 0 spiro atoms. The lowest BCUT2D eigenvalue weighted by Gasteiger charge is -1.92. The zero-order chi connectivity index (χ0) is 7.28. The Labute approximate surface area is 56.6 Å². The highest BCUT2D eigenvalue weighted by Crippen LogP contribution is 1.97. The topological polar surface area (TPSA) is 26.0 Å². The van der Waals surface area contributed by atoms with Gasteiger partial charge in [0.25, 0.3) is 0 Å². The van der Waals surface area contributed by atoms with Crippen LogP contribution in [0.3, 0.4) is 0 Å². The Morgan fingerprint density at radius 1 is 1.44 bits per heavy atom. The molecule has 0 aromatic carbocycles. The normalized spacial score (nSPS) is 13.6. The van der Waals surface area contributed by atoms with Crippen molar-refractivity contribution in [3.8, 4) is 0 Å². The fraction of sp³-hybridized carbons (Fsp3) is 0.250. The van der Waals surface area contributed by atoms with Crippen LogP contribution in [0.15, 0.2) is 36.1 Å². The molecule has 0 radical (unpaired) electrons. The van der Waals surface area contributed by atoms with Gasteiger partial charge in [-0.3, -0.25) is 0 Å². The van der Waals surface area contributed by atoms with Crippen LogP contribution in [0, 0.1) is 0 Å². The molecule has 50 valence electrons. The van der Waals surface area contributed by atoms with E-state index < -0.39 is 0 Å². The second-order valence-corrected chi connectivity index (χ2v) is 1.96. The van der Waals surface area contributed by atoms with Crippen LogP contribution in [-0.2, 0) is 0 Å². The summed E-state index contributed by atoms with van der Waals surface area (Å²) in [5.74, 6) is 0. The Balaban J connectivity index is 4.06. The number of allylic oxidation sites excluding steroid dienone is 5. The maximum absolute atomic E-state index is 5.47. The van der Waals surface area contributed by atoms with Crippen LogP contribution in [0.25, 0.3) is 0 Å². The van der Waals surface area contributed by atoms with Gasteiger partial charge in [-0.15, -0.1) is 0 Å². The van der Waals surface area contributed by atoms with E-state index in [0.29, 0.717) is 0 Å². The van der Waals surface area contributed by atoms with Gasteiger partial charge < -0.3 is 5.73 Å². The van der Waals surface area contributed by atoms with Gasteiger partial charge in [-0.05, 0) is 19.4 Å². The lowest BCUT2D eigenvalue weighted by atomic mass is 10.2. The molecule has 0 bridgehead atoms. The van der Waals surface area contributed by atoms with E-state index in [4.69, 9.17) is 5.73 Å². The van der Waals surface area contributed by atoms with Gasteiger partial charge in [0.2, 0.25) is 0 Å². The molecule has 0 unspecified atom stereocenters. The van der Waals surface area contributed by atoms with Crippen LogP contribution in [0.1, 0.15) is 13.8 Å². The highest BCUT2D eigenvalue weighted by atomic mass is 14.5. The van der Waals surface area contributed by atoms with E-state index in [2.05, 4.69) is 6.58 Å². The van der Waals surface area contributed by atoms with Gasteiger partial charge in [0, 0.05) is 5.70 Å². The van der Waals surface area contributed by atoms with Gasteiger partial charge in [-0.25, -0.2) is 0 Å². The third-order valence-electron chi connectivity index (χ3n) is 1.10. The zero-order valence-corrected chi connectivity index (χ0v) is 6.02. The molecule has 0 aromatic heterocycles. The summed E-state index contributed by atoms with van der Waals surface area (Å²) in [5, 5.41) is 0. The van der Waals surface area contributed by atoms with Gasteiger partial charge in [-0.1, -0.05) is 24.8 Å². The number of hydrogen-bond donors (Lipinski definition) is 1. The Hall–Kier alpha value is -0.980. The van der Waals surface area contributed by atoms with Crippen LogP contribution in [0.2, 0.25) is 0 Å². The Bertz CT molecular complexity index is 148. The average Bonchev–Trinajstić information content (AvgIpc) is 1.82. The molecule has 0 aliphatic heterocycles. The molecular formula is C8H13N. The Kier molecular flexibility index (Phi) is 3.52. The van der Waals surface area contributed by atoms with Crippen molar-refractivity contribution in [2.45, 2.75) is 13.8 Å². The molecule has 0 aliphatic carbocycles. The largest absolute Gasteiger partial charge is 0.402 e. The minimum atomic E-state index is 0.855. The maximum Gasteiger partial charge on any atom is 0.00785 e. The van der Waals surface area contributed by atoms with Crippen LogP contribution < -0.4 is 5.73 Å². The van der Waals surface area contributed by atoms with E-state index in [1.165, 1.54) is 0 Å². The van der Waals surface area contributed by atoms with Gasteiger partial charge in [0.05, 0.1) is 0 Å². The summed E-state index contributed by atoms with van der Waals surface area (Å²) >= 11 is 0. The summed E-state index contributed by atoms with van der Waals surface area (Å²) in [7, 11) is 0. The van der Waals surface area contributed by atoms with E-state index in [9.17, 15) is 0 Å². The highest BCUT2D eigenvalue weighted by molar-refractivity contribution is 5.22. The van der Waals surface area contributed by atoms with E-state index in [1.807, 2.05) is 26.0 Å². The molecule has 0 aromatic rings. The maximum atomic E-state index is 5.47. The number of hydrogen-bond acceptors (Lipinski definition) is 1.